The molecule has 0 aliphatic rings. The zero-order valence-corrected chi connectivity index (χ0v) is 10.2. The van der Waals surface area contributed by atoms with Gasteiger partial charge in [0.15, 0.2) is 0 Å². The summed E-state index contributed by atoms with van der Waals surface area (Å²) in [6, 6.07) is 16.7. The average Bonchev–Trinajstić information content (AvgIpc) is 2.39. The van der Waals surface area contributed by atoms with Crippen molar-refractivity contribution < 1.29 is 5.11 Å². The number of benzene rings is 2. The molecule has 0 aliphatic carbocycles. The third-order valence-corrected chi connectivity index (χ3v) is 3.07. The van der Waals surface area contributed by atoms with Crippen molar-refractivity contribution in [3.05, 3.63) is 59.6 Å². The molecule has 88 valence electrons. The number of pyridine rings is 1. The quantitative estimate of drug-likeness (QED) is 0.705. The predicted molar refractivity (Wildman–Crippen MR) is 73.9 cm³/mol. The number of aromatic hydroxyl groups is 1. The summed E-state index contributed by atoms with van der Waals surface area (Å²) in [6.45, 7) is 0. The van der Waals surface area contributed by atoms with Crippen molar-refractivity contribution in [2.24, 2.45) is 0 Å². The fourth-order valence-electron chi connectivity index (χ4n) is 1.92. The highest BCUT2D eigenvalue weighted by molar-refractivity contribution is 6.30. The molecule has 1 heterocycles. The van der Waals surface area contributed by atoms with Crippen LogP contribution in [0.25, 0.3) is 22.2 Å². The number of aromatic nitrogens is 1. The molecule has 0 aliphatic heterocycles. The second-order valence-electron chi connectivity index (χ2n) is 4.06. The SMILES string of the molecule is Oc1cc2ccccc2nc1-c1ccc(Cl)cc1. The Kier molecular flexibility index (Phi) is 2.65. The largest absolute Gasteiger partial charge is 0.506 e. The van der Waals surface area contributed by atoms with Crippen LogP contribution in [-0.2, 0) is 0 Å². The highest BCUT2D eigenvalue weighted by Crippen LogP contribution is 2.30. The maximum absolute atomic E-state index is 10.0. The highest BCUT2D eigenvalue weighted by atomic mass is 35.5. The molecule has 0 bridgehead atoms. The van der Waals surface area contributed by atoms with Crippen LogP contribution in [0.15, 0.2) is 54.6 Å². The molecule has 0 unspecified atom stereocenters. The number of hydrogen-bond acceptors (Lipinski definition) is 2. The van der Waals surface area contributed by atoms with Gasteiger partial charge in [0.1, 0.15) is 11.4 Å². The highest BCUT2D eigenvalue weighted by Gasteiger charge is 2.07. The van der Waals surface area contributed by atoms with E-state index in [9.17, 15) is 5.11 Å². The van der Waals surface area contributed by atoms with Gasteiger partial charge in [0, 0.05) is 16.0 Å². The Bertz CT molecular complexity index is 707. The summed E-state index contributed by atoms with van der Waals surface area (Å²) >= 11 is 5.85. The van der Waals surface area contributed by atoms with Crippen LogP contribution in [0.4, 0.5) is 0 Å². The Morgan fingerprint density at radius 1 is 0.944 bits per heavy atom. The van der Waals surface area contributed by atoms with Crippen LogP contribution in [0.3, 0.4) is 0 Å². The number of para-hydroxylation sites is 1. The second-order valence-corrected chi connectivity index (χ2v) is 4.49. The summed E-state index contributed by atoms with van der Waals surface area (Å²) in [5.74, 6) is 0.177. The van der Waals surface area contributed by atoms with E-state index in [1.54, 1.807) is 18.2 Å². The molecule has 0 atom stereocenters. The van der Waals surface area contributed by atoms with E-state index < -0.39 is 0 Å². The van der Waals surface area contributed by atoms with Crippen molar-refractivity contribution in [3.63, 3.8) is 0 Å². The van der Waals surface area contributed by atoms with Crippen LogP contribution < -0.4 is 0 Å². The minimum atomic E-state index is 0.177. The summed E-state index contributed by atoms with van der Waals surface area (Å²) in [6.07, 6.45) is 0. The molecule has 0 spiro atoms. The molecule has 18 heavy (non-hydrogen) atoms. The van der Waals surface area contributed by atoms with Gasteiger partial charge in [0.05, 0.1) is 5.52 Å². The molecule has 0 radical (unpaired) electrons. The van der Waals surface area contributed by atoms with E-state index in [1.165, 1.54) is 0 Å². The van der Waals surface area contributed by atoms with E-state index in [2.05, 4.69) is 4.98 Å². The molecule has 0 fully saturated rings. The molecule has 0 saturated carbocycles. The fraction of sp³-hybridized carbons (Fsp3) is 0. The Morgan fingerprint density at radius 3 is 2.44 bits per heavy atom. The second kappa shape index (κ2) is 4.31. The first-order valence-corrected chi connectivity index (χ1v) is 5.96. The minimum Gasteiger partial charge on any atom is -0.506 e. The smallest absolute Gasteiger partial charge is 0.142 e. The van der Waals surface area contributed by atoms with Gasteiger partial charge in [-0.2, -0.15) is 0 Å². The molecular formula is C15H10ClNO. The van der Waals surface area contributed by atoms with Gasteiger partial charge in [-0.25, -0.2) is 4.98 Å². The number of fused-ring (bicyclic) bond motifs is 1. The topological polar surface area (TPSA) is 33.1 Å². The van der Waals surface area contributed by atoms with Gasteiger partial charge in [-0.05, 0) is 24.3 Å². The van der Waals surface area contributed by atoms with Crippen molar-refractivity contribution in [2.45, 2.75) is 0 Å². The van der Waals surface area contributed by atoms with Crippen molar-refractivity contribution in [2.75, 3.05) is 0 Å². The van der Waals surface area contributed by atoms with Crippen molar-refractivity contribution in [1.82, 2.24) is 4.98 Å². The summed E-state index contributed by atoms with van der Waals surface area (Å²) in [5.41, 5.74) is 2.29. The predicted octanol–water partition coefficient (Wildman–Crippen LogP) is 4.26. The zero-order valence-electron chi connectivity index (χ0n) is 9.47. The van der Waals surface area contributed by atoms with Gasteiger partial charge in [-0.15, -0.1) is 0 Å². The van der Waals surface area contributed by atoms with Gasteiger partial charge in [-0.1, -0.05) is 41.9 Å². The maximum Gasteiger partial charge on any atom is 0.142 e. The fourth-order valence-corrected chi connectivity index (χ4v) is 2.05. The van der Waals surface area contributed by atoms with Crippen LogP contribution in [0.5, 0.6) is 5.75 Å². The standard InChI is InChI=1S/C15H10ClNO/c16-12-7-5-10(6-8-12)15-14(18)9-11-3-1-2-4-13(11)17-15/h1-9,18H. The minimum absolute atomic E-state index is 0.177. The first-order chi connectivity index (χ1) is 8.74. The van der Waals surface area contributed by atoms with Gasteiger partial charge >= 0.3 is 0 Å². The Morgan fingerprint density at radius 2 is 1.67 bits per heavy atom. The summed E-state index contributed by atoms with van der Waals surface area (Å²) < 4.78 is 0. The molecule has 1 aromatic heterocycles. The first kappa shape index (κ1) is 11.1. The Labute approximate surface area is 109 Å². The normalized spacial score (nSPS) is 10.7. The van der Waals surface area contributed by atoms with Gasteiger partial charge in [0.25, 0.3) is 0 Å². The molecule has 3 rings (SSSR count). The van der Waals surface area contributed by atoms with Crippen molar-refractivity contribution >= 4 is 22.5 Å². The lowest BCUT2D eigenvalue weighted by molar-refractivity contribution is 0.476. The molecule has 1 N–H and O–H groups in total. The van der Waals surface area contributed by atoms with E-state index in [1.807, 2.05) is 36.4 Å². The maximum atomic E-state index is 10.0. The molecule has 0 amide bonds. The van der Waals surface area contributed by atoms with Crippen LogP contribution >= 0.6 is 11.6 Å². The zero-order chi connectivity index (χ0) is 12.5. The van der Waals surface area contributed by atoms with Gasteiger partial charge in [-0.3, -0.25) is 0 Å². The number of rotatable bonds is 1. The average molecular weight is 256 g/mol. The lowest BCUT2D eigenvalue weighted by Gasteiger charge is -2.06. The summed E-state index contributed by atoms with van der Waals surface area (Å²) in [7, 11) is 0. The van der Waals surface area contributed by atoms with Crippen molar-refractivity contribution in [1.29, 1.82) is 0 Å². The van der Waals surface area contributed by atoms with Gasteiger partial charge < -0.3 is 5.11 Å². The van der Waals surface area contributed by atoms with E-state index in [-0.39, 0.29) is 5.75 Å². The third kappa shape index (κ3) is 1.91. The van der Waals surface area contributed by atoms with E-state index in [4.69, 9.17) is 11.6 Å². The van der Waals surface area contributed by atoms with E-state index >= 15 is 0 Å². The van der Waals surface area contributed by atoms with Crippen LogP contribution in [0, 0.1) is 0 Å². The Hall–Kier alpha value is -2.06. The van der Waals surface area contributed by atoms with Crippen molar-refractivity contribution in [3.8, 4) is 17.0 Å². The molecule has 3 aromatic rings. The molecule has 0 saturated heterocycles. The number of nitrogens with zero attached hydrogens (tertiary/aromatic N) is 1. The summed E-state index contributed by atoms with van der Waals surface area (Å²) in [5, 5.41) is 11.6. The molecular weight excluding hydrogens is 246 g/mol. The Balaban J connectivity index is 2.22. The third-order valence-electron chi connectivity index (χ3n) is 2.82. The lowest BCUT2D eigenvalue weighted by atomic mass is 10.1. The number of hydrogen-bond donors (Lipinski definition) is 1. The van der Waals surface area contributed by atoms with E-state index in [0.717, 1.165) is 16.5 Å². The van der Waals surface area contributed by atoms with Crippen LogP contribution in [-0.4, -0.2) is 10.1 Å². The number of halogens is 1. The molecule has 2 aromatic carbocycles. The first-order valence-electron chi connectivity index (χ1n) is 5.59. The lowest BCUT2D eigenvalue weighted by Crippen LogP contribution is -1.86. The van der Waals surface area contributed by atoms with E-state index in [0.29, 0.717) is 10.7 Å². The summed E-state index contributed by atoms with van der Waals surface area (Å²) in [4.78, 5) is 4.48. The van der Waals surface area contributed by atoms with Crippen LogP contribution in [0.2, 0.25) is 5.02 Å². The molecule has 2 nitrogen and oxygen atoms in total. The molecule has 3 heteroatoms. The van der Waals surface area contributed by atoms with Gasteiger partial charge in [0.2, 0.25) is 0 Å². The van der Waals surface area contributed by atoms with Crippen LogP contribution in [0.1, 0.15) is 0 Å². The monoisotopic (exact) mass is 255 g/mol.